The Bertz CT molecular complexity index is 898. The number of hydrogen-bond acceptors (Lipinski definition) is 3. The van der Waals surface area contributed by atoms with E-state index in [1.165, 1.54) is 6.07 Å². The van der Waals surface area contributed by atoms with Crippen molar-refractivity contribution in [2.45, 2.75) is 13.0 Å². The smallest absolute Gasteiger partial charge is 0.246 e. The third-order valence-electron chi connectivity index (χ3n) is 4.26. The van der Waals surface area contributed by atoms with Crippen LogP contribution >= 0.6 is 0 Å². The zero-order valence-electron chi connectivity index (χ0n) is 15.7. The number of benzene rings is 3. The largest absolute Gasteiger partial charge is 0.489 e. The molecule has 3 rings (SSSR count). The van der Waals surface area contributed by atoms with Gasteiger partial charge in [-0.1, -0.05) is 60.2 Å². The van der Waals surface area contributed by atoms with Crippen LogP contribution in [0.2, 0.25) is 0 Å². The Morgan fingerprint density at radius 2 is 1.64 bits per heavy atom. The molecular formula is C23H23FN2O2. The molecule has 0 unspecified atom stereocenters. The van der Waals surface area contributed by atoms with E-state index in [9.17, 15) is 9.18 Å². The molecule has 4 nitrogen and oxygen atoms in total. The third-order valence-corrected chi connectivity index (χ3v) is 4.26. The Hall–Kier alpha value is -3.18. The molecular weight excluding hydrogens is 355 g/mol. The molecule has 1 amide bonds. The first-order valence-electron chi connectivity index (χ1n) is 9.16. The van der Waals surface area contributed by atoms with E-state index >= 15 is 0 Å². The molecule has 2 N–H and O–H groups in total. The number of amides is 1. The second kappa shape index (κ2) is 9.67. The van der Waals surface area contributed by atoms with Crippen molar-refractivity contribution in [3.63, 3.8) is 0 Å². The highest BCUT2D eigenvalue weighted by molar-refractivity contribution is 5.95. The maximum Gasteiger partial charge on any atom is 0.246 e. The lowest BCUT2D eigenvalue weighted by molar-refractivity contribution is -0.118. The van der Waals surface area contributed by atoms with E-state index < -0.39 is 11.9 Å². The summed E-state index contributed by atoms with van der Waals surface area (Å²) in [5.41, 5.74) is 2.71. The predicted octanol–water partition coefficient (Wildman–Crippen LogP) is 4.48. The Balaban J connectivity index is 1.63. The number of carbonyl (C=O) groups is 1. The first-order chi connectivity index (χ1) is 13.6. The molecule has 0 bridgehead atoms. The number of para-hydroxylation sites is 1. The van der Waals surface area contributed by atoms with Gasteiger partial charge in [-0.3, -0.25) is 10.1 Å². The lowest BCUT2D eigenvalue weighted by Gasteiger charge is -2.19. The fourth-order valence-corrected chi connectivity index (χ4v) is 2.78. The Morgan fingerprint density at radius 3 is 2.36 bits per heavy atom. The van der Waals surface area contributed by atoms with Crippen molar-refractivity contribution in [1.82, 2.24) is 5.32 Å². The Labute approximate surface area is 164 Å². The fraction of sp³-hybridized carbons (Fsp3) is 0.174. The normalized spacial score (nSPS) is 11.6. The van der Waals surface area contributed by atoms with Crippen LogP contribution in [0.5, 0.6) is 5.75 Å². The highest BCUT2D eigenvalue weighted by atomic mass is 19.1. The van der Waals surface area contributed by atoms with E-state index in [1.807, 2.05) is 61.5 Å². The lowest BCUT2D eigenvalue weighted by Crippen LogP contribution is -2.35. The molecule has 0 aliphatic rings. The molecule has 1 atom stereocenters. The van der Waals surface area contributed by atoms with Crippen molar-refractivity contribution < 1.29 is 13.9 Å². The molecule has 3 aromatic carbocycles. The molecule has 0 aliphatic carbocycles. The van der Waals surface area contributed by atoms with Crippen LogP contribution in [0.15, 0.2) is 78.9 Å². The second-order valence-electron chi connectivity index (χ2n) is 6.43. The number of anilines is 1. The van der Waals surface area contributed by atoms with Crippen molar-refractivity contribution in [1.29, 1.82) is 0 Å². The summed E-state index contributed by atoms with van der Waals surface area (Å²) in [7, 11) is 0. The quantitative estimate of drug-likeness (QED) is 0.568. The minimum Gasteiger partial charge on any atom is -0.489 e. The zero-order valence-corrected chi connectivity index (χ0v) is 15.7. The minimum atomic E-state index is -0.549. The Kier molecular flexibility index (Phi) is 6.76. The van der Waals surface area contributed by atoms with Gasteiger partial charge in [0.15, 0.2) is 11.6 Å². The van der Waals surface area contributed by atoms with Crippen LogP contribution in [-0.2, 0) is 4.79 Å². The molecule has 0 spiro atoms. The number of nitrogens with one attached hydrogen (secondary N) is 2. The van der Waals surface area contributed by atoms with E-state index in [0.717, 1.165) is 16.8 Å². The number of halogens is 1. The van der Waals surface area contributed by atoms with Gasteiger partial charge in [-0.15, -0.1) is 0 Å². The van der Waals surface area contributed by atoms with Crippen molar-refractivity contribution in [2.75, 3.05) is 18.5 Å². The molecule has 0 radical (unpaired) electrons. The summed E-state index contributed by atoms with van der Waals surface area (Å²) in [6, 6.07) is 22.8. The second-order valence-corrected chi connectivity index (χ2v) is 6.43. The van der Waals surface area contributed by atoms with E-state index in [2.05, 4.69) is 10.6 Å². The maximum atomic E-state index is 13.6. The molecule has 0 saturated carbocycles. The SMILES string of the molecule is Cc1ccc(NC(=O)[C@H](NCCOc2ccccc2F)c2ccccc2)cc1. The number of ether oxygens (including phenoxy) is 1. The number of hydrogen-bond donors (Lipinski definition) is 2. The number of carbonyl (C=O) groups excluding carboxylic acids is 1. The topological polar surface area (TPSA) is 50.4 Å². The van der Waals surface area contributed by atoms with Gasteiger partial charge >= 0.3 is 0 Å². The summed E-state index contributed by atoms with van der Waals surface area (Å²) in [6.45, 7) is 2.62. The maximum absolute atomic E-state index is 13.6. The summed E-state index contributed by atoms with van der Waals surface area (Å²) in [4.78, 5) is 12.8. The van der Waals surface area contributed by atoms with Crippen molar-refractivity contribution >= 4 is 11.6 Å². The van der Waals surface area contributed by atoms with Gasteiger partial charge in [0, 0.05) is 12.2 Å². The van der Waals surface area contributed by atoms with Gasteiger partial charge < -0.3 is 10.1 Å². The van der Waals surface area contributed by atoms with Crippen molar-refractivity contribution in [3.05, 3.63) is 95.8 Å². The molecule has 144 valence electrons. The number of rotatable bonds is 8. The first-order valence-corrected chi connectivity index (χ1v) is 9.16. The van der Waals surface area contributed by atoms with Gasteiger partial charge in [-0.05, 0) is 36.8 Å². The first kappa shape index (κ1) is 19.6. The molecule has 0 aromatic heterocycles. The minimum absolute atomic E-state index is 0.166. The summed E-state index contributed by atoms with van der Waals surface area (Å²) >= 11 is 0. The van der Waals surface area contributed by atoms with Gasteiger partial charge in [-0.25, -0.2) is 4.39 Å². The summed E-state index contributed by atoms with van der Waals surface area (Å²) in [6.07, 6.45) is 0. The average Bonchev–Trinajstić information content (AvgIpc) is 2.71. The van der Waals surface area contributed by atoms with Crippen LogP contribution in [-0.4, -0.2) is 19.1 Å². The molecule has 5 heteroatoms. The van der Waals surface area contributed by atoms with Gasteiger partial charge in [0.05, 0.1) is 0 Å². The average molecular weight is 378 g/mol. The molecule has 0 aliphatic heterocycles. The van der Waals surface area contributed by atoms with Gasteiger partial charge in [0.25, 0.3) is 0 Å². The van der Waals surface area contributed by atoms with E-state index in [4.69, 9.17) is 4.74 Å². The highest BCUT2D eigenvalue weighted by Gasteiger charge is 2.20. The van der Waals surface area contributed by atoms with Crippen LogP contribution in [0, 0.1) is 12.7 Å². The fourth-order valence-electron chi connectivity index (χ4n) is 2.78. The Morgan fingerprint density at radius 1 is 0.964 bits per heavy atom. The predicted molar refractivity (Wildman–Crippen MR) is 109 cm³/mol. The molecule has 0 heterocycles. The summed E-state index contributed by atoms with van der Waals surface area (Å²) in [5, 5.41) is 6.13. The molecule has 0 saturated heterocycles. The van der Waals surface area contributed by atoms with E-state index in [1.54, 1.807) is 18.2 Å². The van der Waals surface area contributed by atoms with Gasteiger partial charge in [0.1, 0.15) is 12.6 Å². The van der Waals surface area contributed by atoms with Crippen molar-refractivity contribution in [3.8, 4) is 5.75 Å². The lowest BCUT2D eigenvalue weighted by atomic mass is 10.1. The summed E-state index contributed by atoms with van der Waals surface area (Å²) in [5.74, 6) is -0.371. The monoisotopic (exact) mass is 378 g/mol. The third kappa shape index (κ3) is 5.41. The molecule has 0 fully saturated rings. The van der Waals surface area contributed by atoms with Crippen LogP contribution in [0.4, 0.5) is 10.1 Å². The zero-order chi connectivity index (χ0) is 19.8. The van der Waals surface area contributed by atoms with Gasteiger partial charge in [0.2, 0.25) is 5.91 Å². The van der Waals surface area contributed by atoms with Crippen LogP contribution < -0.4 is 15.4 Å². The van der Waals surface area contributed by atoms with E-state index in [0.29, 0.717) is 6.54 Å². The van der Waals surface area contributed by atoms with E-state index in [-0.39, 0.29) is 18.3 Å². The van der Waals surface area contributed by atoms with Crippen LogP contribution in [0.1, 0.15) is 17.2 Å². The standard InChI is InChI=1S/C23H23FN2O2/c1-17-11-13-19(14-12-17)26-23(27)22(18-7-3-2-4-8-18)25-15-16-28-21-10-6-5-9-20(21)24/h2-14,22,25H,15-16H2,1H3,(H,26,27)/t22-/m1/s1. The van der Waals surface area contributed by atoms with Crippen molar-refractivity contribution in [2.24, 2.45) is 0 Å². The number of aryl methyl sites for hydroxylation is 1. The molecule has 28 heavy (non-hydrogen) atoms. The van der Waals surface area contributed by atoms with Gasteiger partial charge in [-0.2, -0.15) is 0 Å². The molecule has 3 aromatic rings. The van der Waals surface area contributed by atoms with Crippen LogP contribution in [0.3, 0.4) is 0 Å². The summed E-state index contributed by atoms with van der Waals surface area (Å²) < 4.78 is 19.1. The van der Waals surface area contributed by atoms with Crippen LogP contribution in [0.25, 0.3) is 0 Å². The highest BCUT2D eigenvalue weighted by Crippen LogP contribution is 2.17.